The van der Waals surface area contributed by atoms with Crippen LogP contribution in [0.25, 0.3) is 0 Å². The van der Waals surface area contributed by atoms with Gasteiger partial charge in [0, 0.05) is 17.4 Å². The maximum Gasteiger partial charge on any atom is 0.330 e. The summed E-state index contributed by atoms with van der Waals surface area (Å²) in [6, 6.07) is -1.10. The summed E-state index contributed by atoms with van der Waals surface area (Å²) in [5.41, 5.74) is 5.44. The number of nitrogens with two attached hydrogens (primary N) is 1. The maximum atomic E-state index is 11.5. The molecule has 1 aliphatic heterocycles. The Hall–Kier alpha value is -0.200. The molecule has 1 rings (SSSR count). The van der Waals surface area contributed by atoms with Crippen molar-refractivity contribution in [2.45, 2.75) is 43.4 Å². The van der Waals surface area contributed by atoms with Gasteiger partial charge in [0.2, 0.25) is 0 Å². The van der Waals surface area contributed by atoms with Gasteiger partial charge < -0.3 is 10.5 Å². The normalized spacial score (nSPS) is 21.2. The SMILES string of the molecule is COC(=O)C(N)C(=O)CCCCC1CCSS1. The Kier molecular flexibility index (Phi) is 6.99. The standard InChI is InChI=1S/C11H19NO3S2/c1-15-11(14)10(12)9(13)5-3-2-4-8-6-7-16-17-8/h8,10H,2-7,12H2,1H3. The van der Waals surface area contributed by atoms with Gasteiger partial charge in [0.05, 0.1) is 7.11 Å². The fourth-order valence-electron chi connectivity index (χ4n) is 1.65. The van der Waals surface area contributed by atoms with Crippen molar-refractivity contribution in [3.63, 3.8) is 0 Å². The first-order valence-corrected chi connectivity index (χ1v) is 8.17. The quantitative estimate of drug-likeness (QED) is 0.331. The van der Waals surface area contributed by atoms with Crippen LogP contribution in [0.15, 0.2) is 0 Å². The highest BCUT2D eigenvalue weighted by Gasteiger charge is 2.22. The van der Waals surface area contributed by atoms with Gasteiger partial charge in [-0.05, 0) is 19.3 Å². The summed E-state index contributed by atoms with van der Waals surface area (Å²) in [6.45, 7) is 0. The predicted molar refractivity (Wildman–Crippen MR) is 71.9 cm³/mol. The highest BCUT2D eigenvalue weighted by molar-refractivity contribution is 8.77. The summed E-state index contributed by atoms with van der Waals surface area (Å²) in [6.07, 6.45) is 4.63. The lowest BCUT2D eigenvalue weighted by molar-refractivity contribution is -0.145. The average Bonchev–Trinajstić information content (AvgIpc) is 2.85. The molecular formula is C11H19NO3S2. The van der Waals surface area contributed by atoms with Crippen LogP contribution < -0.4 is 5.73 Å². The van der Waals surface area contributed by atoms with E-state index in [2.05, 4.69) is 4.74 Å². The molecule has 0 aliphatic carbocycles. The molecule has 2 N–H and O–H groups in total. The van der Waals surface area contributed by atoms with Crippen LogP contribution in [-0.4, -0.2) is 35.9 Å². The minimum absolute atomic E-state index is 0.217. The lowest BCUT2D eigenvalue weighted by atomic mass is 10.0. The van der Waals surface area contributed by atoms with Gasteiger partial charge in [-0.15, -0.1) is 0 Å². The van der Waals surface area contributed by atoms with Crippen LogP contribution in [0.3, 0.4) is 0 Å². The monoisotopic (exact) mass is 277 g/mol. The van der Waals surface area contributed by atoms with Gasteiger partial charge in [0.1, 0.15) is 0 Å². The highest BCUT2D eigenvalue weighted by Crippen LogP contribution is 2.39. The van der Waals surface area contributed by atoms with Crippen molar-refractivity contribution in [2.75, 3.05) is 12.9 Å². The van der Waals surface area contributed by atoms with Gasteiger partial charge in [-0.3, -0.25) is 4.79 Å². The van der Waals surface area contributed by atoms with E-state index in [9.17, 15) is 9.59 Å². The zero-order valence-electron chi connectivity index (χ0n) is 10.0. The molecule has 0 spiro atoms. The number of hydrogen-bond donors (Lipinski definition) is 1. The van der Waals surface area contributed by atoms with E-state index in [1.165, 1.54) is 19.3 Å². The second kappa shape index (κ2) is 8.00. The molecule has 0 radical (unpaired) electrons. The van der Waals surface area contributed by atoms with Gasteiger partial charge in [-0.2, -0.15) is 0 Å². The Labute approximate surface area is 110 Å². The Balaban J connectivity index is 2.09. The molecule has 6 heteroatoms. The van der Waals surface area contributed by atoms with E-state index in [1.54, 1.807) is 0 Å². The number of unbranched alkanes of at least 4 members (excludes halogenated alkanes) is 1. The fourth-order valence-corrected chi connectivity index (χ4v) is 4.68. The third kappa shape index (κ3) is 5.31. The van der Waals surface area contributed by atoms with Crippen LogP contribution in [-0.2, 0) is 14.3 Å². The summed E-state index contributed by atoms with van der Waals surface area (Å²) < 4.78 is 4.43. The first kappa shape index (κ1) is 14.9. The van der Waals surface area contributed by atoms with Gasteiger partial charge in [-0.1, -0.05) is 28.0 Å². The third-order valence-corrected chi connectivity index (χ3v) is 5.74. The van der Waals surface area contributed by atoms with Crippen molar-refractivity contribution in [1.82, 2.24) is 0 Å². The summed E-state index contributed by atoms with van der Waals surface area (Å²) in [4.78, 5) is 22.5. The zero-order valence-corrected chi connectivity index (χ0v) is 11.6. The Morgan fingerprint density at radius 1 is 1.47 bits per heavy atom. The molecule has 2 unspecified atom stereocenters. The second-order valence-electron chi connectivity index (χ2n) is 4.04. The number of carbonyl (C=O) groups is 2. The van der Waals surface area contributed by atoms with Crippen molar-refractivity contribution >= 4 is 33.3 Å². The largest absolute Gasteiger partial charge is 0.468 e. The van der Waals surface area contributed by atoms with Crippen LogP contribution >= 0.6 is 21.6 Å². The fraction of sp³-hybridized carbons (Fsp3) is 0.818. The minimum Gasteiger partial charge on any atom is -0.468 e. The number of Topliss-reactive ketones (excluding diaryl/α,β-unsaturated/α-hetero) is 1. The zero-order chi connectivity index (χ0) is 12.7. The van der Waals surface area contributed by atoms with E-state index in [0.717, 1.165) is 24.5 Å². The van der Waals surface area contributed by atoms with Gasteiger partial charge >= 0.3 is 5.97 Å². The summed E-state index contributed by atoms with van der Waals surface area (Å²) >= 11 is 0. The lowest BCUT2D eigenvalue weighted by Crippen LogP contribution is -2.39. The summed E-state index contributed by atoms with van der Waals surface area (Å²) in [7, 11) is 5.12. The Morgan fingerprint density at radius 2 is 2.24 bits per heavy atom. The molecule has 0 aromatic rings. The van der Waals surface area contributed by atoms with Crippen LogP contribution in [0, 0.1) is 0 Å². The first-order chi connectivity index (χ1) is 8.15. The van der Waals surface area contributed by atoms with E-state index in [1.807, 2.05) is 21.6 Å². The molecule has 1 aliphatic rings. The molecule has 0 saturated carbocycles. The van der Waals surface area contributed by atoms with Gasteiger partial charge in [-0.25, -0.2) is 4.79 Å². The molecule has 1 heterocycles. The van der Waals surface area contributed by atoms with E-state index in [4.69, 9.17) is 5.73 Å². The van der Waals surface area contributed by atoms with E-state index >= 15 is 0 Å². The minimum atomic E-state index is -1.10. The summed E-state index contributed by atoms with van der Waals surface area (Å²) in [5, 5.41) is 0.740. The number of ether oxygens (including phenoxy) is 1. The summed E-state index contributed by atoms with van der Waals surface area (Å²) in [5.74, 6) is 0.379. The number of esters is 1. The number of ketones is 1. The van der Waals surface area contributed by atoms with Crippen LogP contribution in [0.1, 0.15) is 32.1 Å². The molecule has 0 aromatic heterocycles. The van der Waals surface area contributed by atoms with Gasteiger partial charge in [0.15, 0.2) is 11.8 Å². The maximum absolute atomic E-state index is 11.5. The van der Waals surface area contributed by atoms with Crippen molar-refractivity contribution in [3.05, 3.63) is 0 Å². The van der Waals surface area contributed by atoms with Crippen molar-refractivity contribution in [2.24, 2.45) is 5.73 Å². The van der Waals surface area contributed by atoms with Crippen LogP contribution in [0.4, 0.5) is 0 Å². The average molecular weight is 277 g/mol. The van der Waals surface area contributed by atoms with E-state index in [0.29, 0.717) is 6.42 Å². The van der Waals surface area contributed by atoms with E-state index < -0.39 is 12.0 Å². The highest BCUT2D eigenvalue weighted by atomic mass is 33.1. The molecule has 1 fully saturated rings. The van der Waals surface area contributed by atoms with Crippen molar-refractivity contribution in [1.29, 1.82) is 0 Å². The van der Waals surface area contributed by atoms with Crippen molar-refractivity contribution < 1.29 is 14.3 Å². The molecule has 0 bridgehead atoms. The first-order valence-electron chi connectivity index (χ1n) is 5.79. The molecular weight excluding hydrogens is 258 g/mol. The Bertz CT molecular complexity index is 267. The van der Waals surface area contributed by atoms with E-state index in [-0.39, 0.29) is 5.78 Å². The molecule has 0 aromatic carbocycles. The smallest absolute Gasteiger partial charge is 0.330 e. The molecule has 2 atom stereocenters. The number of hydrogen-bond acceptors (Lipinski definition) is 6. The third-order valence-electron chi connectivity index (χ3n) is 2.73. The number of methoxy groups -OCH3 is 1. The van der Waals surface area contributed by atoms with Crippen LogP contribution in [0.5, 0.6) is 0 Å². The lowest BCUT2D eigenvalue weighted by Gasteiger charge is -2.09. The molecule has 1 saturated heterocycles. The predicted octanol–water partition coefficient (Wildman–Crippen LogP) is 1.77. The number of rotatable bonds is 7. The molecule has 0 amide bonds. The topological polar surface area (TPSA) is 69.4 Å². The van der Waals surface area contributed by atoms with Crippen molar-refractivity contribution in [3.8, 4) is 0 Å². The van der Waals surface area contributed by atoms with Crippen LogP contribution in [0.2, 0.25) is 0 Å². The van der Waals surface area contributed by atoms with Gasteiger partial charge in [0.25, 0.3) is 0 Å². The number of carbonyl (C=O) groups excluding carboxylic acids is 2. The molecule has 98 valence electrons. The molecule has 17 heavy (non-hydrogen) atoms. The second-order valence-corrected chi connectivity index (χ2v) is 6.83. The Morgan fingerprint density at radius 3 is 2.82 bits per heavy atom. The molecule has 4 nitrogen and oxygen atoms in total.